The van der Waals surface area contributed by atoms with Crippen molar-refractivity contribution in [1.82, 2.24) is 4.90 Å². The lowest BCUT2D eigenvalue weighted by Crippen LogP contribution is -2.47. The minimum absolute atomic E-state index is 0.0503. The van der Waals surface area contributed by atoms with Gasteiger partial charge in [0.25, 0.3) is 0 Å². The van der Waals surface area contributed by atoms with Crippen molar-refractivity contribution < 1.29 is 14.3 Å². The van der Waals surface area contributed by atoms with Gasteiger partial charge in [0, 0.05) is 25.8 Å². The molecule has 0 amide bonds. The summed E-state index contributed by atoms with van der Waals surface area (Å²) in [6, 6.07) is 0. The normalized spacial score (nSPS) is 26.9. The summed E-state index contributed by atoms with van der Waals surface area (Å²) in [6.07, 6.45) is 4.16. The van der Waals surface area contributed by atoms with Gasteiger partial charge in [-0.05, 0) is 33.2 Å². The number of likely N-dealkylation sites (tertiary alicyclic amines) is 1. The van der Waals surface area contributed by atoms with Gasteiger partial charge in [-0.2, -0.15) is 0 Å². The molecule has 1 saturated heterocycles. The molecule has 1 fully saturated rings. The van der Waals surface area contributed by atoms with Crippen LogP contribution in [0.15, 0.2) is 11.6 Å². The van der Waals surface area contributed by atoms with Gasteiger partial charge < -0.3 is 9.47 Å². The highest BCUT2D eigenvalue weighted by Crippen LogP contribution is 2.23. The summed E-state index contributed by atoms with van der Waals surface area (Å²) in [5, 5.41) is 0. The van der Waals surface area contributed by atoms with Gasteiger partial charge in [-0.25, -0.2) is 4.79 Å². The number of carbonyl (C=O) groups excluding carboxylic acids is 1. The number of nitrogens with zero attached hydrogens (tertiary/aromatic N) is 1. The molecule has 0 aromatic carbocycles. The highest BCUT2D eigenvalue weighted by atomic mass is 16.5. The fourth-order valence-electron chi connectivity index (χ4n) is 2.14. The van der Waals surface area contributed by atoms with E-state index in [0.717, 1.165) is 32.5 Å². The lowest BCUT2D eigenvalue weighted by molar-refractivity contribution is -0.136. The molecule has 17 heavy (non-hydrogen) atoms. The van der Waals surface area contributed by atoms with Crippen molar-refractivity contribution in [1.29, 1.82) is 0 Å². The number of esters is 1. The number of piperidine rings is 1. The Morgan fingerprint density at radius 2 is 2.18 bits per heavy atom. The number of hydrogen-bond donors (Lipinski definition) is 0. The second kappa shape index (κ2) is 6.17. The third-order valence-corrected chi connectivity index (χ3v) is 3.39. The molecule has 1 aliphatic heterocycles. The molecule has 0 aromatic rings. The zero-order valence-electron chi connectivity index (χ0n) is 11.3. The van der Waals surface area contributed by atoms with E-state index in [4.69, 9.17) is 4.74 Å². The second-order valence-corrected chi connectivity index (χ2v) is 4.87. The molecular formula is C13H23NO3. The SMILES string of the molecule is COC(=O)C(C)=CCN1CCCC(C)(OC)C1. The van der Waals surface area contributed by atoms with E-state index < -0.39 is 0 Å². The van der Waals surface area contributed by atoms with Crippen molar-refractivity contribution in [3.8, 4) is 0 Å². The Labute approximate surface area is 104 Å². The van der Waals surface area contributed by atoms with Crippen molar-refractivity contribution in [2.75, 3.05) is 33.9 Å². The van der Waals surface area contributed by atoms with Gasteiger partial charge in [-0.1, -0.05) is 6.08 Å². The summed E-state index contributed by atoms with van der Waals surface area (Å²) >= 11 is 0. The van der Waals surface area contributed by atoms with Gasteiger partial charge in [0.15, 0.2) is 0 Å². The number of hydrogen-bond acceptors (Lipinski definition) is 4. The van der Waals surface area contributed by atoms with Gasteiger partial charge in [0.2, 0.25) is 0 Å². The molecule has 4 nitrogen and oxygen atoms in total. The predicted octanol–water partition coefficient (Wildman–Crippen LogP) is 1.61. The van der Waals surface area contributed by atoms with E-state index >= 15 is 0 Å². The molecule has 1 heterocycles. The first-order valence-electron chi connectivity index (χ1n) is 6.03. The van der Waals surface area contributed by atoms with Crippen LogP contribution in [-0.2, 0) is 14.3 Å². The zero-order chi connectivity index (χ0) is 12.9. The number of ether oxygens (including phenoxy) is 2. The fraction of sp³-hybridized carbons (Fsp3) is 0.769. The topological polar surface area (TPSA) is 38.8 Å². The average Bonchev–Trinajstić information content (AvgIpc) is 2.35. The van der Waals surface area contributed by atoms with Crippen LogP contribution in [0, 0.1) is 0 Å². The molecule has 0 spiro atoms. The average molecular weight is 241 g/mol. The highest BCUT2D eigenvalue weighted by Gasteiger charge is 2.30. The first-order chi connectivity index (χ1) is 8.00. The third-order valence-electron chi connectivity index (χ3n) is 3.39. The van der Waals surface area contributed by atoms with Crippen LogP contribution in [0.25, 0.3) is 0 Å². The first-order valence-corrected chi connectivity index (χ1v) is 6.03. The van der Waals surface area contributed by atoms with Crippen LogP contribution >= 0.6 is 0 Å². The largest absolute Gasteiger partial charge is 0.466 e. The lowest BCUT2D eigenvalue weighted by Gasteiger charge is -2.39. The molecule has 4 heteroatoms. The Bertz CT molecular complexity index is 301. The Morgan fingerprint density at radius 3 is 2.76 bits per heavy atom. The van der Waals surface area contributed by atoms with E-state index in [2.05, 4.69) is 16.6 Å². The van der Waals surface area contributed by atoms with Gasteiger partial charge in [-0.15, -0.1) is 0 Å². The van der Waals surface area contributed by atoms with Crippen molar-refractivity contribution in [3.05, 3.63) is 11.6 Å². The van der Waals surface area contributed by atoms with E-state index in [0.29, 0.717) is 5.57 Å². The molecule has 0 radical (unpaired) electrons. The van der Waals surface area contributed by atoms with E-state index in [1.807, 2.05) is 6.08 Å². The first kappa shape index (κ1) is 14.2. The lowest BCUT2D eigenvalue weighted by atomic mass is 9.95. The van der Waals surface area contributed by atoms with Crippen LogP contribution in [0.5, 0.6) is 0 Å². The smallest absolute Gasteiger partial charge is 0.333 e. The second-order valence-electron chi connectivity index (χ2n) is 4.87. The summed E-state index contributed by atoms with van der Waals surface area (Å²) in [7, 11) is 3.17. The number of carbonyl (C=O) groups is 1. The van der Waals surface area contributed by atoms with Crippen LogP contribution in [-0.4, -0.2) is 50.3 Å². The quantitative estimate of drug-likeness (QED) is 0.553. The molecule has 98 valence electrons. The van der Waals surface area contributed by atoms with Crippen LogP contribution in [0.2, 0.25) is 0 Å². The van der Waals surface area contributed by atoms with Crippen molar-refractivity contribution >= 4 is 5.97 Å². The summed E-state index contributed by atoms with van der Waals surface area (Å²) in [5.74, 6) is -0.253. The van der Waals surface area contributed by atoms with Crippen LogP contribution < -0.4 is 0 Å². The Morgan fingerprint density at radius 1 is 1.47 bits per heavy atom. The fourth-order valence-corrected chi connectivity index (χ4v) is 2.14. The maximum Gasteiger partial charge on any atom is 0.333 e. The molecule has 0 N–H and O–H groups in total. The Kier molecular flexibility index (Phi) is 5.15. The van der Waals surface area contributed by atoms with Crippen molar-refractivity contribution in [2.24, 2.45) is 0 Å². The van der Waals surface area contributed by atoms with Gasteiger partial charge in [0.1, 0.15) is 0 Å². The summed E-state index contributed by atoms with van der Waals surface area (Å²) < 4.78 is 10.2. The van der Waals surface area contributed by atoms with E-state index in [1.165, 1.54) is 7.11 Å². The van der Waals surface area contributed by atoms with Crippen LogP contribution in [0.3, 0.4) is 0 Å². The van der Waals surface area contributed by atoms with E-state index in [1.54, 1.807) is 14.0 Å². The van der Waals surface area contributed by atoms with Crippen molar-refractivity contribution in [3.63, 3.8) is 0 Å². The minimum Gasteiger partial charge on any atom is -0.466 e. The molecular weight excluding hydrogens is 218 g/mol. The standard InChI is InChI=1S/C13H23NO3/c1-11(12(15)16-3)6-9-14-8-5-7-13(2,10-14)17-4/h6H,5,7-10H2,1-4H3. The molecule has 0 aromatic heterocycles. The third kappa shape index (κ3) is 4.13. The number of methoxy groups -OCH3 is 2. The van der Waals surface area contributed by atoms with E-state index in [-0.39, 0.29) is 11.6 Å². The van der Waals surface area contributed by atoms with Gasteiger partial charge >= 0.3 is 5.97 Å². The molecule has 1 rings (SSSR count). The van der Waals surface area contributed by atoms with Crippen LogP contribution in [0.4, 0.5) is 0 Å². The monoisotopic (exact) mass is 241 g/mol. The minimum atomic E-state index is -0.253. The molecule has 1 atom stereocenters. The molecule has 0 bridgehead atoms. The predicted molar refractivity (Wildman–Crippen MR) is 66.9 cm³/mol. The summed E-state index contributed by atoms with van der Waals surface area (Å²) in [6.45, 7) is 6.67. The van der Waals surface area contributed by atoms with Gasteiger partial charge in [-0.3, -0.25) is 4.90 Å². The Hall–Kier alpha value is -0.870. The van der Waals surface area contributed by atoms with Crippen molar-refractivity contribution in [2.45, 2.75) is 32.3 Å². The molecule has 1 unspecified atom stereocenters. The molecule has 0 aliphatic carbocycles. The van der Waals surface area contributed by atoms with E-state index in [9.17, 15) is 4.79 Å². The summed E-state index contributed by atoms with van der Waals surface area (Å²) in [5.41, 5.74) is 0.614. The summed E-state index contributed by atoms with van der Waals surface area (Å²) in [4.78, 5) is 13.5. The number of rotatable bonds is 4. The van der Waals surface area contributed by atoms with Gasteiger partial charge in [0.05, 0.1) is 12.7 Å². The maximum atomic E-state index is 11.2. The molecule has 1 aliphatic rings. The highest BCUT2D eigenvalue weighted by molar-refractivity contribution is 5.87. The zero-order valence-corrected chi connectivity index (χ0v) is 11.3. The Balaban J connectivity index is 2.50. The van der Waals surface area contributed by atoms with Crippen LogP contribution in [0.1, 0.15) is 26.7 Å². The maximum absolute atomic E-state index is 11.2. The molecule has 0 saturated carbocycles.